The number of rotatable bonds is 5. The molecule has 2 unspecified atom stereocenters. The molecule has 20 heavy (non-hydrogen) atoms. The van der Waals surface area contributed by atoms with Crippen molar-refractivity contribution >= 4 is 11.8 Å². The Hall–Kier alpha value is -1.68. The van der Waals surface area contributed by atoms with E-state index < -0.39 is 0 Å². The maximum absolute atomic E-state index is 11.6. The van der Waals surface area contributed by atoms with Crippen LogP contribution in [0.5, 0.6) is 0 Å². The molecule has 108 valence electrons. The molecule has 1 aliphatic rings. The van der Waals surface area contributed by atoms with Crippen molar-refractivity contribution in [3.8, 4) is 0 Å². The van der Waals surface area contributed by atoms with E-state index in [0.29, 0.717) is 12.6 Å². The van der Waals surface area contributed by atoms with Crippen molar-refractivity contribution in [1.29, 1.82) is 0 Å². The van der Waals surface area contributed by atoms with E-state index in [0.717, 1.165) is 24.8 Å². The second-order valence-electron chi connectivity index (χ2n) is 5.20. The Balaban J connectivity index is 1.88. The highest BCUT2D eigenvalue weighted by molar-refractivity contribution is 5.94. The number of ether oxygens (including phenoxy) is 1. The first-order valence-corrected chi connectivity index (χ1v) is 7.12. The van der Waals surface area contributed by atoms with E-state index in [1.165, 1.54) is 5.56 Å². The van der Waals surface area contributed by atoms with E-state index in [1.807, 2.05) is 31.2 Å². The van der Waals surface area contributed by atoms with Gasteiger partial charge in [0.2, 0.25) is 0 Å². The fourth-order valence-electron chi connectivity index (χ4n) is 2.57. The SMILES string of the molecule is CCOC(=O)C1CCC(Cc2ccc(C(C)=O)cc2)N1. The van der Waals surface area contributed by atoms with Crippen molar-refractivity contribution in [2.24, 2.45) is 0 Å². The number of carbonyl (C=O) groups excluding carboxylic acids is 2. The zero-order valence-corrected chi connectivity index (χ0v) is 12.0. The van der Waals surface area contributed by atoms with E-state index in [2.05, 4.69) is 5.32 Å². The second-order valence-corrected chi connectivity index (χ2v) is 5.20. The van der Waals surface area contributed by atoms with Crippen molar-refractivity contribution in [2.75, 3.05) is 6.61 Å². The molecule has 0 spiro atoms. The van der Waals surface area contributed by atoms with E-state index in [-0.39, 0.29) is 17.8 Å². The van der Waals surface area contributed by atoms with Crippen molar-refractivity contribution in [1.82, 2.24) is 5.32 Å². The molecule has 2 atom stereocenters. The Morgan fingerprint density at radius 2 is 1.95 bits per heavy atom. The van der Waals surface area contributed by atoms with Crippen molar-refractivity contribution in [3.63, 3.8) is 0 Å². The monoisotopic (exact) mass is 275 g/mol. The first-order valence-electron chi connectivity index (χ1n) is 7.12. The summed E-state index contributed by atoms with van der Waals surface area (Å²) in [5.41, 5.74) is 1.91. The lowest BCUT2D eigenvalue weighted by Gasteiger charge is -2.13. The minimum atomic E-state index is -0.170. The molecule has 4 heteroatoms. The normalized spacial score (nSPS) is 21.7. The smallest absolute Gasteiger partial charge is 0.323 e. The zero-order chi connectivity index (χ0) is 14.5. The van der Waals surface area contributed by atoms with Gasteiger partial charge in [0.05, 0.1) is 6.61 Å². The summed E-state index contributed by atoms with van der Waals surface area (Å²) in [6.07, 6.45) is 2.67. The molecule has 0 aliphatic carbocycles. The number of hydrogen-bond donors (Lipinski definition) is 1. The third kappa shape index (κ3) is 3.67. The zero-order valence-electron chi connectivity index (χ0n) is 12.0. The van der Waals surface area contributed by atoms with Crippen LogP contribution in [0.4, 0.5) is 0 Å². The highest BCUT2D eigenvalue weighted by Gasteiger charge is 2.29. The van der Waals surface area contributed by atoms with Gasteiger partial charge in [-0.2, -0.15) is 0 Å². The number of nitrogens with one attached hydrogen (secondary N) is 1. The first kappa shape index (κ1) is 14.7. The van der Waals surface area contributed by atoms with Crippen LogP contribution in [0, 0.1) is 0 Å². The molecule has 1 aliphatic heterocycles. The maximum atomic E-state index is 11.6. The van der Waals surface area contributed by atoms with Crippen LogP contribution in [0.1, 0.15) is 42.6 Å². The summed E-state index contributed by atoms with van der Waals surface area (Å²) < 4.78 is 5.03. The summed E-state index contributed by atoms with van der Waals surface area (Å²) in [4.78, 5) is 22.9. The summed E-state index contributed by atoms with van der Waals surface area (Å²) in [5, 5.41) is 3.32. The van der Waals surface area contributed by atoms with Crippen LogP contribution < -0.4 is 5.32 Å². The Bertz CT molecular complexity index is 481. The molecular weight excluding hydrogens is 254 g/mol. The van der Waals surface area contributed by atoms with E-state index in [4.69, 9.17) is 4.74 Å². The fraction of sp³-hybridized carbons (Fsp3) is 0.500. The van der Waals surface area contributed by atoms with Crippen LogP contribution in [0.2, 0.25) is 0 Å². The Kier molecular flexibility index (Phi) is 4.90. The Morgan fingerprint density at radius 1 is 1.25 bits per heavy atom. The molecule has 1 aromatic carbocycles. The maximum Gasteiger partial charge on any atom is 0.323 e. The molecule has 1 aromatic rings. The van der Waals surface area contributed by atoms with Crippen LogP contribution in [0.15, 0.2) is 24.3 Å². The lowest BCUT2D eigenvalue weighted by atomic mass is 10.0. The molecule has 4 nitrogen and oxygen atoms in total. The largest absolute Gasteiger partial charge is 0.465 e. The molecule has 0 saturated carbocycles. The Morgan fingerprint density at radius 3 is 2.55 bits per heavy atom. The van der Waals surface area contributed by atoms with Gasteiger partial charge in [0.15, 0.2) is 5.78 Å². The lowest BCUT2D eigenvalue weighted by Crippen LogP contribution is -2.37. The fourth-order valence-corrected chi connectivity index (χ4v) is 2.57. The van der Waals surface area contributed by atoms with Gasteiger partial charge in [-0.25, -0.2) is 0 Å². The van der Waals surface area contributed by atoms with Gasteiger partial charge in [-0.05, 0) is 38.7 Å². The van der Waals surface area contributed by atoms with E-state index in [9.17, 15) is 9.59 Å². The summed E-state index contributed by atoms with van der Waals surface area (Å²) in [5.74, 6) is -0.0696. The van der Waals surface area contributed by atoms with Gasteiger partial charge in [0.1, 0.15) is 6.04 Å². The van der Waals surface area contributed by atoms with Crippen LogP contribution in [-0.4, -0.2) is 30.4 Å². The van der Waals surface area contributed by atoms with Gasteiger partial charge in [-0.3, -0.25) is 9.59 Å². The predicted molar refractivity (Wildman–Crippen MR) is 76.7 cm³/mol. The predicted octanol–water partition coefficient (Wildman–Crippen LogP) is 2.12. The molecule has 0 bridgehead atoms. The summed E-state index contributed by atoms with van der Waals surface area (Å²) in [6.45, 7) is 3.81. The molecule has 0 aromatic heterocycles. The minimum Gasteiger partial charge on any atom is -0.465 e. The number of ketones is 1. The van der Waals surface area contributed by atoms with E-state index >= 15 is 0 Å². The van der Waals surface area contributed by atoms with Crippen molar-refractivity contribution < 1.29 is 14.3 Å². The van der Waals surface area contributed by atoms with Gasteiger partial charge in [0, 0.05) is 11.6 Å². The third-order valence-corrected chi connectivity index (χ3v) is 3.65. The van der Waals surface area contributed by atoms with Gasteiger partial charge < -0.3 is 10.1 Å². The number of hydrogen-bond acceptors (Lipinski definition) is 4. The molecular formula is C16H21NO3. The number of benzene rings is 1. The van der Waals surface area contributed by atoms with Gasteiger partial charge in [-0.15, -0.1) is 0 Å². The number of carbonyl (C=O) groups is 2. The first-order chi connectivity index (χ1) is 9.60. The molecule has 1 saturated heterocycles. The topological polar surface area (TPSA) is 55.4 Å². The highest BCUT2D eigenvalue weighted by atomic mass is 16.5. The second kappa shape index (κ2) is 6.66. The molecule has 0 amide bonds. The van der Waals surface area contributed by atoms with Crippen molar-refractivity contribution in [3.05, 3.63) is 35.4 Å². The Labute approximate surface area is 119 Å². The number of Topliss-reactive ketones (excluding diaryl/α,β-unsaturated/α-hetero) is 1. The van der Waals surface area contributed by atoms with E-state index in [1.54, 1.807) is 6.92 Å². The van der Waals surface area contributed by atoms with Gasteiger partial charge in [0.25, 0.3) is 0 Å². The van der Waals surface area contributed by atoms with Gasteiger partial charge in [-0.1, -0.05) is 24.3 Å². The standard InChI is InChI=1S/C16H21NO3/c1-3-20-16(19)15-9-8-14(17-15)10-12-4-6-13(7-5-12)11(2)18/h4-7,14-15,17H,3,8-10H2,1-2H3. The van der Waals surface area contributed by atoms with Crippen LogP contribution in [0.3, 0.4) is 0 Å². The van der Waals surface area contributed by atoms with Crippen LogP contribution >= 0.6 is 0 Å². The van der Waals surface area contributed by atoms with Gasteiger partial charge >= 0.3 is 5.97 Å². The van der Waals surface area contributed by atoms with Crippen LogP contribution in [0.25, 0.3) is 0 Å². The summed E-state index contributed by atoms with van der Waals surface area (Å²) in [6, 6.07) is 7.81. The number of esters is 1. The molecule has 1 N–H and O–H groups in total. The lowest BCUT2D eigenvalue weighted by molar-refractivity contribution is -0.145. The molecule has 1 heterocycles. The molecule has 1 fully saturated rings. The minimum absolute atomic E-state index is 0.0814. The summed E-state index contributed by atoms with van der Waals surface area (Å²) >= 11 is 0. The quantitative estimate of drug-likeness (QED) is 0.660. The average Bonchev–Trinajstić information content (AvgIpc) is 2.88. The molecule has 2 rings (SSSR count). The van der Waals surface area contributed by atoms with Crippen molar-refractivity contribution in [2.45, 2.75) is 45.2 Å². The summed E-state index contributed by atoms with van der Waals surface area (Å²) in [7, 11) is 0. The average molecular weight is 275 g/mol. The van der Waals surface area contributed by atoms with Crippen LogP contribution in [-0.2, 0) is 16.0 Å². The highest BCUT2D eigenvalue weighted by Crippen LogP contribution is 2.18. The molecule has 0 radical (unpaired) electrons. The third-order valence-electron chi connectivity index (χ3n) is 3.65.